The zero-order valence-electron chi connectivity index (χ0n) is 11.3. The number of carbonyl (C=O) groups excluding carboxylic acids is 1. The summed E-state index contributed by atoms with van der Waals surface area (Å²) in [6, 6.07) is 0. The number of ether oxygens (including phenoxy) is 1. The average molecular weight is 228 g/mol. The SMILES string of the molecule is CC(=O)OCCCCCCCCCC(C)C. The monoisotopic (exact) mass is 228 g/mol. The van der Waals surface area contributed by atoms with E-state index in [2.05, 4.69) is 13.8 Å². The van der Waals surface area contributed by atoms with Crippen LogP contribution in [0.15, 0.2) is 0 Å². The second kappa shape index (κ2) is 11.0. The molecular formula is C14H28O2. The minimum Gasteiger partial charge on any atom is -0.466 e. The minimum atomic E-state index is -0.159. The van der Waals surface area contributed by atoms with Crippen LogP contribution in [0.1, 0.15) is 72.1 Å². The first-order valence-corrected chi connectivity index (χ1v) is 6.76. The van der Waals surface area contributed by atoms with E-state index in [1.807, 2.05) is 0 Å². The predicted molar refractivity (Wildman–Crippen MR) is 68.4 cm³/mol. The zero-order chi connectivity index (χ0) is 12.2. The topological polar surface area (TPSA) is 26.3 Å². The Kier molecular flexibility index (Phi) is 10.6. The van der Waals surface area contributed by atoms with Crippen LogP contribution in [0.25, 0.3) is 0 Å². The Balaban J connectivity index is 2.96. The van der Waals surface area contributed by atoms with Crippen LogP contribution in [-0.4, -0.2) is 12.6 Å². The van der Waals surface area contributed by atoms with E-state index >= 15 is 0 Å². The lowest BCUT2D eigenvalue weighted by atomic mass is 10.0. The van der Waals surface area contributed by atoms with Gasteiger partial charge in [-0.2, -0.15) is 0 Å². The zero-order valence-corrected chi connectivity index (χ0v) is 11.3. The van der Waals surface area contributed by atoms with Crippen LogP contribution in [0.4, 0.5) is 0 Å². The van der Waals surface area contributed by atoms with Gasteiger partial charge in [-0.25, -0.2) is 0 Å². The third kappa shape index (κ3) is 13.5. The molecule has 0 saturated heterocycles. The van der Waals surface area contributed by atoms with Crippen molar-refractivity contribution in [2.24, 2.45) is 5.92 Å². The molecule has 0 N–H and O–H groups in total. The van der Waals surface area contributed by atoms with Crippen molar-refractivity contribution in [2.45, 2.75) is 72.1 Å². The molecule has 2 heteroatoms. The number of unbranched alkanes of at least 4 members (excludes halogenated alkanes) is 6. The first kappa shape index (κ1) is 15.5. The maximum atomic E-state index is 10.5. The second-order valence-corrected chi connectivity index (χ2v) is 5.00. The lowest BCUT2D eigenvalue weighted by Crippen LogP contribution is -2.00. The van der Waals surface area contributed by atoms with E-state index in [9.17, 15) is 4.79 Å². The van der Waals surface area contributed by atoms with Gasteiger partial charge in [-0.1, -0.05) is 58.8 Å². The maximum absolute atomic E-state index is 10.5. The van der Waals surface area contributed by atoms with E-state index in [-0.39, 0.29) is 5.97 Å². The molecule has 0 aliphatic carbocycles. The van der Waals surface area contributed by atoms with Gasteiger partial charge in [0.2, 0.25) is 0 Å². The van der Waals surface area contributed by atoms with Crippen molar-refractivity contribution in [1.29, 1.82) is 0 Å². The Bertz CT molecular complexity index is 164. The molecule has 0 aliphatic heterocycles. The fourth-order valence-electron chi connectivity index (χ4n) is 1.75. The van der Waals surface area contributed by atoms with Gasteiger partial charge in [0.1, 0.15) is 0 Å². The highest BCUT2D eigenvalue weighted by Crippen LogP contribution is 2.11. The Morgan fingerprint density at radius 3 is 1.94 bits per heavy atom. The van der Waals surface area contributed by atoms with Crippen LogP contribution in [0.5, 0.6) is 0 Å². The van der Waals surface area contributed by atoms with Gasteiger partial charge < -0.3 is 4.74 Å². The van der Waals surface area contributed by atoms with E-state index < -0.39 is 0 Å². The van der Waals surface area contributed by atoms with Crippen molar-refractivity contribution in [3.63, 3.8) is 0 Å². The molecule has 0 aromatic heterocycles. The Morgan fingerprint density at radius 1 is 0.938 bits per heavy atom. The Labute approximate surface area is 101 Å². The normalized spacial score (nSPS) is 10.8. The van der Waals surface area contributed by atoms with Crippen LogP contribution >= 0.6 is 0 Å². The number of rotatable bonds is 10. The first-order valence-electron chi connectivity index (χ1n) is 6.76. The molecule has 0 bridgehead atoms. The van der Waals surface area contributed by atoms with Gasteiger partial charge in [-0.3, -0.25) is 4.79 Å². The van der Waals surface area contributed by atoms with Crippen LogP contribution in [0, 0.1) is 5.92 Å². The smallest absolute Gasteiger partial charge is 0.302 e. The lowest BCUT2D eigenvalue weighted by molar-refractivity contribution is -0.141. The van der Waals surface area contributed by atoms with Gasteiger partial charge in [-0.05, 0) is 12.3 Å². The molecule has 0 atom stereocenters. The highest BCUT2D eigenvalue weighted by atomic mass is 16.5. The van der Waals surface area contributed by atoms with Crippen LogP contribution < -0.4 is 0 Å². The molecule has 0 aromatic rings. The van der Waals surface area contributed by atoms with E-state index in [0.29, 0.717) is 6.61 Å². The Hall–Kier alpha value is -0.530. The summed E-state index contributed by atoms with van der Waals surface area (Å²) in [4.78, 5) is 10.5. The van der Waals surface area contributed by atoms with Gasteiger partial charge in [-0.15, -0.1) is 0 Å². The van der Waals surface area contributed by atoms with Gasteiger partial charge in [0.05, 0.1) is 6.61 Å². The summed E-state index contributed by atoms with van der Waals surface area (Å²) in [7, 11) is 0. The predicted octanol–water partition coefficient (Wildman–Crippen LogP) is 4.33. The van der Waals surface area contributed by atoms with Crippen LogP contribution in [0.2, 0.25) is 0 Å². The molecular weight excluding hydrogens is 200 g/mol. The molecule has 0 aromatic carbocycles. The fourth-order valence-corrected chi connectivity index (χ4v) is 1.75. The van der Waals surface area contributed by atoms with E-state index in [0.717, 1.165) is 12.3 Å². The molecule has 0 fully saturated rings. The van der Waals surface area contributed by atoms with Gasteiger partial charge in [0.15, 0.2) is 0 Å². The molecule has 0 aliphatic rings. The molecule has 0 rings (SSSR count). The summed E-state index contributed by atoms with van der Waals surface area (Å²) in [5.41, 5.74) is 0. The lowest BCUT2D eigenvalue weighted by Gasteiger charge is -2.04. The maximum Gasteiger partial charge on any atom is 0.302 e. The standard InChI is InChI=1S/C14H28O2/c1-13(2)11-9-7-5-4-6-8-10-12-16-14(3)15/h13H,4-12H2,1-3H3. The largest absolute Gasteiger partial charge is 0.466 e. The highest BCUT2D eigenvalue weighted by Gasteiger charge is 1.96. The molecule has 2 nitrogen and oxygen atoms in total. The van der Waals surface area contributed by atoms with Gasteiger partial charge >= 0.3 is 5.97 Å². The molecule has 96 valence electrons. The molecule has 0 spiro atoms. The number of carbonyl (C=O) groups is 1. The summed E-state index contributed by atoms with van der Waals surface area (Å²) in [5, 5.41) is 0. The quantitative estimate of drug-likeness (QED) is 0.411. The first-order chi connectivity index (χ1) is 7.63. The summed E-state index contributed by atoms with van der Waals surface area (Å²) in [6.45, 7) is 6.64. The number of hydrogen-bond acceptors (Lipinski definition) is 2. The molecule has 0 heterocycles. The molecule has 0 unspecified atom stereocenters. The van der Waals surface area contributed by atoms with Crippen molar-refractivity contribution in [1.82, 2.24) is 0 Å². The van der Waals surface area contributed by atoms with E-state index in [4.69, 9.17) is 4.74 Å². The average Bonchev–Trinajstić information content (AvgIpc) is 2.20. The van der Waals surface area contributed by atoms with E-state index in [1.54, 1.807) is 0 Å². The molecule has 0 radical (unpaired) electrons. The van der Waals surface area contributed by atoms with Crippen molar-refractivity contribution in [3.05, 3.63) is 0 Å². The van der Waals surface area contributed by atoms with Crippen molar-refractivity contribution < 1.29 is 9.53 Å². The fraction of sp³-hybridized carbons (Fsp3) is 0.929. The van der Waals surface area contributed by atoms with Gasteiger partial charge in [0.25, 0.3) is 0 Å². The van der Waals surface area contributed by atoms with E-state index in [1.165, 1.54) is 51.9 Å². The summed E-state index contributed by atoms with van der Waals surface area (Å²) >= 11 is 0. The van der Waals surface area contributed by atoms with Crippen LogP contribution in [-0.2, 0) is 9.53 Å². The van der Waals surface area contributed by atoms with Crippen molar-refractivity contribution in [2.75, 3.05) is 6.61 Å². The molecule has 16 heavy (non-hydrogen) atoms. The summed E-state index contributed by atoms with van der Waals surface area (Å²) in [5.74, 6) is 0.692. The third-order valence-corrected chi connectivity index (χ3v) is 2.73. The minimum absolute atomic E-state index is 0.159. The van der Waals surface area contributed by atoms with Crippen LogP contribution in [0.3, 0.4) is 0 Å². The Morgan fingerprint density at radius 2 is 1.44 bits per heavy atom. The summed E-state index contributed by atoms with van der Waals surface area (Å²) < 4.78 is 4.87. The summed E-state index contributed by atoms with van der Waals surface area (Å²) in [6.07, 6.45) is 10.3. The number of hydrogen-bond donors (Lipinski definition) is 0. The molecule has 0 amide bonds. The molecule has 0 saturated carbocycles. The van der Waals surface area contributed by atoms with Crippen molar-refractivity contribution in [3.8, 4) is 0 Å². The second-order valence-electron chi connectivity index (χ2n) is 5.00. The van der Waals surface area contributed by atoms with Crippen molar-refractivity contribution >= 4 is 5.97 Å². The van der Waals surface area contributed by atoms with Gasteiger partial charge in [0, 0.05) is 6.92 Å². The highest BCUT2D eigenvalue weighted by molar-refractivity contribution is 5.65. The number of esters is 1. The third-order valence-electron chi connectivity index (χ3n) is 2.73.